The second-order valence-corrected chi connectivity index (χ2v) is 11.5. The molecule has 1 aliphatic rings. The van der Waals surface area contributed by atoms with Crippen LogP contribution < -0.4 is 9.61 Å². The zero-order valence-corrected chi connectivity index (χ0v) is 20.9. The Morgan fingerprint density at radius 1 is 1.16 bits per heavy atom. The van der Waals surface area contributed by atoms with Gasteiger partial charge in [0.05, 0.1) is 13.2 Å². The number of rotatable bonds is 10. The van der Waals surface area contributed by atoms with Crippen molar-refractivity contribution in [1.82, 2.24) is 9.99 Å². The Bertz CT molecular complexity index is 779. The molecule has 1 fully saturated rings. The molecular formula is C23H39N2O5P. The highest BCUT2D eigenvalue weighted by atomic mass is 31.2. The molecule has 31 heavy (non-hydrogen) atoms. The lowest BCUT2D eigenvalue weighted by Crippen LogP contribution is -2.53. The van der Waals surface area contributed by atoms with Gasteiger partial charge in [-0.15, -0.1) is 0 Å². The molecule has 2 atom stereocenters. The molecule has 1 aromatic rings. The van der Waals surface area contributed by atoms with E-state index in [1.165, 1.54) is 0 Å². The van der Waals surface area contributed by atoms with Gasteiger partial charge in [-0.25, -0.2) is 5.09 Å². The molecule has 176 valence electrons. The van der Waals surface area contributed by atoms with Gasteiger partial charge in [0.1, 0.15) is 17.6 Å². The fourth-order valence-corrected chi connectivity index (χ4v) is 6.16. The van der Waals surface area contributed by atoms with E-state index >= 15 is 0 Å². The summed E-state index contributed by atoms with van der Waals surface area (Å²) in [5, 5.41) is 12.9. The van der Waals surface area contributed by atoms with Gasteiger partial charge in [-0.05, 0) is 35.8 Å². The Balaban J connectivity index is 2.53. The maximum absolute atomic E-state index is 14.3. The number of hydrogen-bond donors (Lipinski definition) is 2. The fraction of sp³-hybridized carbons (Fsp3) is 0.696. The van der Waals surface area contributed by atoms with E-state index in [0.29, 0.717) is 32.1 Å². The predicted molar refractivity (Wildman–Crippen MR) is 124 cm³/mol. The van der Waals surface area contributed by atoms with E-state index in [2.05, 4.69) is 32.8 Å². The van der Waals surface area contributed by atoms with E-state index in [1.807, 2.05) is 36.9 Å². The van der Waals surface area contributed by atoms with Gasteiger partial charge in [0, 0.05) is 13.1 Å². The first-order chi connectivity index (χ1) is 14.4. The number of aliphatic carboxylic acids is 1. The van der Waals surface area contributed by atoms with Crippen LogP contribution >= 0.6 is 7.52 Å². The molecule has 0 aliphatic carbocycles. The lowest BCUT2D eigenvalue weighted by Gasteiger charge is -2.38. The van der Waals surface area contributed by atoms with E-state index in [9.17, 15) is 14.5 Å². The Kier molecular flexibility index (Phi) is 8.74. The second-order valence-electron chi connectivity index (χ2n) is 9.49. The number of morpholine rings is 1. The third kappa shape index (κ3) is 6.32. The molecule has 0 radical (unpaired) electrons. The highest BCUT2D eigenvalue weighted by molar-refractivity contribution is 7.57. The van der Waals surface area contributed by atoms with Crippen molar-refractivity contribution in [3.8, 4) is 5.75 Å². The Morgan fingerprint density at radius 2 is 1.68 bits per heavy atom. The molecule has 0 aromatic heterocycles. The third-order valence-electron chi connectivity index (χ3n) is 6.05. The van der Waals surface area contributed by atoms with Crippen molar-refractivity contribution in [1.29, 1.82) is 0 Å². The van der Waals surface area contributed by atoms with E-state index in [4.69, 9.17) is 9.26 Å². The standard InChI is InChI=1S/C23H39N2O5P/c1-16(2)19-9-8-10-20(17(3)4)21(19)30-31(28,15-25-11-13-29-14-12-25)24-23(7,18(5)6)22(26)27/h8-10,16-18H,11-15H2,1-7H3,(H,24,28)(H,26,27). The van der Waals surface area contributed by atoms with E-state index < -0.39 is 19.0 Å². The maximum atomic E-state index is 14.3. The van der Waals surface area contributed by atoms with Crippen LogP contribution in [0.5, 0.6) is 5.75 Å². The molecule has 0 bridgehead atoms. The number of nitrogens with one attached hydrogen (secondary N) is 1. The average Bonchev–Trinajstić information content (AvgIpc) is 2.67. The van der Waals surface area contributed by atoms with Crippen LogP contribution in [0.15, 0.2) is 18.2 Å². The van der Waals surface area contributed by atoms with Crippen LogP contribution in [0.25, 0.3) is 0 Å². The monoisotopic (exact) mass is 454 g/mol. The summed E-state index contributed by atoms with van der Waals surface area (Å²) >= 11 is 0. The number of carbonyl (C=O) groups is 1. The van der Waals surface area contributed by atoms with Crippen molar-refractivity contribution < 1.29 is 23.7 Å². The van der Waals surface area contributed by atoms with Crippen LogP contribution in [0.2, 0.25) is 0 Å². The molecule has 2 N–H and O–H groups in total. The zero-order chi connectivity index (χ0) is 23.4. The summed E-state index contributed by atoms with van der Waals surface area (Å²) in [6.07, 6.45) is 0.121. The highest BCUT2D eigenvalue weighted by Crippen LogP contribution is 2.50. The van der Waals surface area contributed by atoms with E-state index in [0.717, 1.165) is 11.1 Å². The molecule has 0 amide bonds. The van der Waals surface area contributed by atoms with E-state index in [1.54, 1.807) is 6.92 Å². The fourth-order valence-electron chi connectivity index (χ4n) is 3.61. The zero-order valence-electron chi connectivity index (χ0n) is 20.0. The van der Waals surface area contributed by atoms with Crippen LogP contribution in [0.4, 0.5) is 0 Å². The normalized spacial score (nSPS) is 19.4. The summed E-state index contributed by atoms with van der Waals surface area (Å²) in [7, 11) is -3.63. The van der Waals surface area contributed by atoms with Gasteiger partial charge >= 0.3 is 13.5 Å². The molecule has 1 aromatic carbocycles. The number of ether oxygens (including phenoxy) is 1. The van der Waals surface area contributed by atoms with Crippen LogP contribution in [0.1, 0.15) is 71.4 Å². The van der Waals surface area contributed by atoms with Crippen molar-refractivity contribution >= 4 is 13.5 Å². The molecular weight excluding hydrogens is 415 g/mol. The Hall–Kier alpha value is -1.40. The molecule has 0 saturated carbocycles. The number of hydrogen-bond acceptors (Lipinski definition) is 5. The number of para-hydroxylation sites is 1. The number of carboxylic acids is 1. The molecule has 1 saturated heterocycles. The molecule has 7 nitrogen and oxygen atoms in total. The van der Waals surface area contributed by atoms with Crippen molar-refractivity contribution in [2.45, 2.75) is 65.8 Å². The third-order valence-corrected chi connectivity index (χ3v) is 8.11. The maximum Gasteiger partial charge on any atom is 0.331 e. The SMILES string of the molecule is CC(C)c1cccc(C(C)C)c1OP(=O)(CN1CCOCC1)NC(C)(C(=O)O)C(C)C. The second kappa shape index (κ2) is 10.5. The quantitative estimate of drug-likeness (QED) is 0.487. The van der Waals surface area contributed by atoms with Gasteiger partial charge < -0.3 is 14.4 Å². The summed E-state index contributed by atoms with van der Waals surface area (Å²) in [6.45, 7) is 15.8. The molecule has 1 heterocycles. The lowest BCUT2D eigenvalue weighted by atomic mass is 9.90. The summed E-state index contributed by atoms with van der Waals surface area (Å²) in [4.78, 5) is 14.2. The Morgan fingerprint density at radius 3 is 2.10 bits per heavy atom. The highest BCUT2D eigenvalue weighted by Gasteiger charge is 2.45. The average molecular weight is 455 g/mol. The van der Waals surface area contributed by atoms with Gasteiger partial charge in [-0.2, -0.15) is 0 Å². The van der Waals surface area contributed by atoms with Crippen molar-refractivity contribution in [3.05, 3.63) is 29.3 Å². The van der Waals surface area contributed by atoms with Crippen LogP contribution in [0.3, 0.4) is 0 Å². The van der Waals surface area contributed by atoms with Crippen LogP contribution in [-0.2, 0) is 14.1 Å². The largest absolute Gasteiger partial charge is 0.480 e. The first-order valence-electron chi connectivity index (χ1n) is 11.1. The minimum atomic E-state index is -3.63. The van der Waals surface area contributed by atoms with Crippen molar-refractivity contribution in [2.24, 2.45) is 5.92 Å². The molecule has 0 spiro atoms. The summed E-state index contributed by atoms with van der Waals surface area (Å²) < 4.78 is 26.2. The number of benzene rings is 1. The molecule has 2 unspecified atom stereocenters. The van der Waals surface area contributed by atoms with Crippen LogP contribution in [0, 0.1) is 5.92 Å². The summed E-state index contributed by atoms with van der Waals surface area (Å²) in [5.74, 6) is -0.401. The smallest absolute Gasteiger partial charge is 0.331 e. The van der Waals surface area contributed by atoms with Gasteiger partial charge in [0.15, 0.2) is 0 Å². The first-order valence-corrected chi connectivity index (χ1v) is 12.9. The topological polar surface area (TPSA) is 88.1 Å². The van der Waals surface area contributed by atoms with Gasteiger partial charge in [-0.1, -0.05) is 59.7 Å². The minimum absolute atomic E-state index is 0.121. The molecule has 1 aliphatic heterocycles. The van der Waals surface area contributed by atoms with Gasteiger partial charge in [0.25, 0.3) is 0 Å². The molecule has 8 heteroatoms. The van der Waals surface area contributed by atoms with Crippen molar-refractivity contribution in [2.75, 3.05) is 32.6 Å². The first kappa shape index (κ1) is 25.9. The van der Waals surface area contributed by atoms with E-state index in [-0.39, 0.29) is 24.0 Å². The lowest BCUT2D eigenvalue weighted by molar-refractivity contribution is -0.145. The summed E-state index contributed by atoms with van der Waals surface area (Å²) in [6, 6.07) is 5.97. The van der Waals surface area contributed by atoms with Crippen LogP contribution in [-0.4, -0.2) is 54.1 Å². The predicted octanol–water partition coefficient (Wildman–Crippen LogP) is 4.88. The minimum Gasteiger partial charge on any atom is -0.480 e. The molecule has 2 rings (SSSR count). The number of nitrogens with zero attached hydrogens (tertiary/aromatic N) is 1. The van der Waals surface area contributed by atoms with Gasteiger partial charge in [-0.3, -0.25) is 14.3 Å². The van der Waals surface area contributed by atoms with Gasteiger partial charge in [0.2, 0.25) is 0 Å². The van der Waals surface area contributed by atoms with Crippen molar-refractivity contribution in [3.63, 3.8) is 0 Å². The summed E-state index contributed by atoms with van der Waals surface area (Å²) in [5.41, 5.74) is 0.542. The number of carboxylic acid groups (broad SMARTS) is 1. The Labute approximate surface area is 187 Å².